The Kier molecular flexibility index (Phi) is 3.93. The Balaban J connectivity index is 2.01. The lowest BCUT2D eigenvalue weighted by Crippen LogP contribution is -2.10. The normalized spacial score (nSPS) is 10.8. The van der Waals surface area contributed by atoms with Crippen LogP contribution in [0.5, 0.6) is 0 Å². The van der Waals surface area contributed by atoms with E-state index in [0.717, 1.165) is 32.7 Å². The van der Waals surface area contributed by atoms with Crippen molar-refractivity contribution >= 4 is 43.6 Å². The molecule has 0 fully saturated rings. The third-order valence-corrected chi connectivity index (χ3v) is 6.29. The van der Waals surface area contributed by atoms with Crippen LogP contribution in [-0.4, -0.2) is 9.35 Å². The summed E-state index contributed by atoms with van der Waals surface area (Å²) in [5.74, 6) is 0. The number of hydrogen-bond acceptors (Lipinski definition) is 4. The highest BCUT2D eigenvalue weighted by Crippen LogP contribution is 2.39. The third-order valence-electron chi connectivity index (χ3n) is 6.29. The molecule has 0 atom stereocenters. The Labute approximate surface area is 193 Å². The summed E-state index contributed by atoms with van der Waals surface area (Å²) in [7, 11) is 0. The van der Waals surface area contributed by atoms with Crippen molar-refractivity contribution in [1.82, 2.24) is 9.35 Å². The van der Waals surface area contributed by atoms with Gasteiger partial charge in [0.2, 0.25) is 0 Å². The second kappa shape index (κ2) is 6.98. The number of para-hydroxylation sites is 3. The second-order valence-corrected chi connectivity index (χ2v) is 7.85. The Hall–Kier alpha value is -5.56. The first kappa shape index (κ1) is 19.1. The maximum absolute atomic E-state index is 10.2. The molecule has 6 rings (SSSR count). The summed E-state index contributed by atoms with van der Waals surface area (Å²) in [6.45, 7) is 0. The number of benzene rings is 4. The Morgan fingerprint density at radius 3 is 1.35 bits per heavy atom. The molecule has 0 aliphatic rings. The Morgan fingerprint density at radius 2 is 0.853 bits per heavy atom. The van der Waals surface area contributed by atoms with E-state index in [1.807, 2.05) is 94.3 Å². The molecule has 6 nitrogen and oxygen atoms in total. The fourth-order valence-electron chi connectivity index (χ4n) is 4.97. The monoisotopic (exact) mass is 432 g/mol. The van der Waals surface area contributed by atoms with Gasteiger partial charge in [0.1, 0.15) is 24.3 Å². The van der Waals surface area contributed by atoms with Gasteiger partial charge in [-0.3, -0.25) is 0 Å². The van der Waals surface area contributed by atoms with Gasteiger partial charge in [0.05, 0.1) is 44.3 Å². The fourth-order valence-corrected chi connectivity index (χ4v) is 4.97. The number of hydrogen-bond donors (Lipinski definition) is 0. The Bertz CT molecular complexity index is 1960. The third kappa shape index (κ3) is 2.24. The molecule has 0 aliphatic heterocycles. The molecule has 6 heteroatoms. The zero-order valence-electron chi connectivity index (χ0n) is 17.6. The lowest BCUT2D eigenvalue weighted by molar-refractivity contribution is 0.774. The molecule has 34 heavy (non-hydrogen) atoms. The SMILES string of the molecule is N#Cc1c(C#N)c(C#N)c2c(c1C#N)c1ccccc1n2-n1c2ccccc2c2ccccc21. The molecule has 0 amide bonds. The summed E-state index contributed by atoms with van der Waals surface area (Å²) in [6, 6.07) is 31.8. The van der Waals surface area contributed by atoms with Gasteiger partial charge >= 0.3 is 0 Å². The van der Waals surface area contributed by atoms with Crippen LogP contribution in [0.15, 0.2) is 72.8 Å². The van der Waals surface area contributed by atoms with E-state index < -0.39 is 0 Å². The summed E-state index contributed by atoms with van der Waals surface area (Å²) >= 11 is 0. The maximum atomic E-state index is 10.2. The highest BCUT2D eigenvalue weighted by molar-refractivity contribution is 6.15. The predicted octanol–water partition coefficient (Wildman–Crippen LogP) is 5.70. The van der Waals surface area contributed by atoms with Crippen LogP contribution in [0.4, 0.5) is 0 Å². The first-order valence-corrected chi connectivity index (χ1v) is 10.5. The van der Waals surface area contributed by atoms with Gasteiger partial charge in [-0.25, -0.2) is 9.35 Å². The predicted molar refractivity (Wildman–Crippen MR) is 129 cm³/mol. The van der Waals surface area contributed by atoms with Crippen LogP contribution >= 0.6 is 0 Å². The minimum absolute atomic E-state index is 0.0702. The minimum atomic E-state index is -0.0844. The number of aromatic nitrogens is 2. The largest absolute Gasteiger partial charge is 0.248 e. The molecule has 154 valence electrons. The minimum Gasteiger partial charge on any atom is -0.248 e. The molecular formula is C28H12N6. The smallest absolute Gasteiger partial charge is 0.103 e. The molecule has 0 spiro atoms. The van der Waals surface area contributed by atoms with Crippen molar-refractivity contribution in [3.05, 3.63) is 95.1 Å². The molecule has 4 aromatic carbocycles. The fraction of sp³-hybridized carbons (Fsp3) is 0. The highest BCUT2D eigenvalue weighted by atomic mass is 15.5. The van der Waals surface area contributed by atoms with Crippen molar-refractivity contribution < 1.29 is 0 Å². The van der Waals surface area contributed by atoms with Gasteiger partial charge < -0.3 is 0 Å². The molecule has 6 aromatic rings. The van der Waals surface area contributed by atoms with E-state index in [2.05, 4.69) is 12.1 Å². The molecule has 2 heterocycles. The van der Waals surface area contributed by atoms with Crippen LogP contribution in [0.3, 0.4) is 0 Å². The molecule has 0 unspecified atom stereocenters. The van der Waals surface area contributed by atoms with Crippen LogP contribution in [-0.2, 0) is 0 Å². The first-order chi connectivity index (χ1) is 16.7. The van der Waals surface area contributed by atoms with Crippen LogP contribution in [0, 0.1) is 45.3 Å². The molecule has 0 radical (unpaired) electrons. The van der Waals surface area contributed by atoms with E-state index in [4.69, 9.17) is 0 Å². The quantitative estimate of drug-likeness (QED) is 0.332. The van der Waals surface area contributed by atoms with E-state index >= 15 is 0 Å². The average Bonchev–Trinajstić information content (AvgIpc) is 3.40. The maximum Gasteiger partial charge on any atom is 0.103 e. The number of nitriles is 4. The van der Waals surface area contributed by atoms with Crippen molar-refractivity contribution in [3.63, 3.8) is 0 Å². The molecular weight excluding hydrogens is 420 g/mol. The van der Waals surface area contributed by atoms with Crippen LogP contribution in [0.2, 0.25) is 0 Å². The first-order valence-electron chi connectivity index (χ1n) is 10.5. The Morgan fingerprint density at radius 1 is 0.441 bits per heavy atom. The molecule has 2 aromatic heterocycles. The van der Waals surface area contributed by atoms with Gasteiger partial charge in [-0.05, 0) is 18.2 Å². The van der Waals surface area contributed by atoms with E-state index in [-0.39, 0.29) is 22.3 Å². The summed E-state index contributed by atoms with van der Waals surface area (Å²) in [5.41, 5.74) is 3.04. The van der Waals surface area contributed by atoms with Crippen LogP contribution < -0.4 is 0 Å². The molecule has 0 saturated heterocycles. The van der Waals surface area contributed by atoms with E-state index in [0.29, 0.717) is 10.9 Å². The average molecular weight is 432 g/mol. The van der Waals surface area contributed by atoms with Gasteiger partial charge in [-0.1, -0.05) is 54.6 Å². The summed E-state index contributed by atoms with van der Waals surface area (Å²) in [6.07, 6.45) is 0. The molecule has 0 N–H and O–H groups in total. The van der Waals surface area contributed by atoms with Gasteiger partial charge in [0.25, 0.3) is 0 Å². The van der Waals surface area contributed by atoms with E-state index in [9.17, 15) is 21.0 Å². The lowest BCUT2D eigenvalue weighted by Gasteiger charge is -2.14. The van der Waals surface area contributed by atoms with Crippen LogP contribution in [0.1, 0.15) is 22.3 Å². The van der Waals surface area contributed by atoms with Crippen molar-refractivity contribution in [3.8, 4) is 24.3 Å². The van der Waals surface area contributed by atoms with Gasteiger partial charge in [0.15, 0.2) is 0 Å². The van der Waals surface area contributed by atoms with Crippen molar-refractivity contribution in [2.45, 2.75) is 0 Å². The number of nitrogens with zero attached hydrogens (tertiary/aromatic N) is 6. The number of fused-ring (bicyclic) bond motifs is 6. The summed E-state index contributed by atoms with van der Waals surface area (Å²) in [5, 5.41) is 43.3. The van der Waals surface area contributed by atoms with Crippen molar-refractivity contribution in [2.24, 2.45) is 0 Å². The lowest BCUT2D eigenvalue weighted by atomic mass is 9.93. The van der Waals surface area contributed by atoms with Gasteiger partial charge in [-0.2, -0.15) is 21.0 Å². The molecule has 0 aliphatic carbocycles. The van der Waals surface area contributed by atoms with Crippen molar-refractivity contribution in [1.29, 1.82) is 21.0 Å². The second-order valence-electron chi connectivity index (χ2n) is 7.85. The van der Waals surface area contributed by atoms with E-state index in [1.165, 1.54) is 0 Å². The zero-order chi connectivity index (χ0) is 23.4. The number of rotatable bonds is 1. The van der Waals surface area contributed by atoms with Gasteiger partial charge in [-0.15, -0.1) is 0 Å². The zero-order valence-corrected chi connectivity index (χ0v) is 17.6. The van der Waals surface area contributed by atoms with Crippen molar-refractivity contribution in [2.75, 3.05) is 0 Å². The van der Waals surface area contributed by atoms with E-state index in [1.54, 1.807) is 0 Å². The topological polar surface area (TPSA) is 105 Å². The molecule has 0 saturated carbocycles. The summed E-state index contributed by atoms with van der Waals surface area (Å²) < 4.78 is 3.92. The molecule has 0 bridgehead atoms. The highest BCUT2D eigenvalue weighted by Gasteiger charge is 2.27. The van der Waals surface area contributed by atoms with Gasteiger partial charge in [0, 0.05) is 21.5 Å². The standard InChI is InChI=1S/C28H12N6/c29-13-20-21(14-30)23(16-32)28-27(22(20)15-31)19-9-3-6-12-26(19)34(28)33-24-10-4-1-7-17(24)18-8-2-5-11-25(18)33/h1-12H. The van der Waals surface area contributed by atoms with Crippen LogP contribution in [0.25, 0.3) is 43.6 Å². The summed E-state index contributed by atoms with van der Waals surface area (Å²) in [4.78, 5) is 0.